The van der Waals surface area contributed by atoms with Crippen molar-refractivity contribution in [3.05, 3.63) is 53.6 Å². The zero-order chi connectivity index (χ0) is 17.9. The van der Waals surface area contributed by atoms with E-state index >= 15 is 0 Å². The summed E-state index contributed by atoms with van der Waals surface area (Å²) in [5.41, 5.74) is 3.72. The molecule has 1 heterocycles. The Bertz CT molecular complexity index is 825. The fraction of sp³-hybridized carbons (Fsp3) is 0.381. The minimum absolute atomic E-state index is 0. The highest BCUT2D eigenvalue weighted by molar-refractivity contribution is 14.0. The largest absolute Gasteiger partial charge is 0.490 e. The van der Waals surface area contributed by atoms with Gasteiger partial charge >= 0.3 is 0 Å². The van der Waals surface area contributed by atoms with E-state index in [2.05, 4.69) is 46.8 Å². The van der Waals surface area contributed by atoms with Gasteiger partial charge in [0, 0.05) is 37.2 Å². The van der Waals surface area contributed by atoms with Crippen molar-refractivity contribution in [2.75, 3.05) is 25.6 Å². The van der Waals surface area contributed by atoms with E-state index in [1.165, 1.54) is 11.1 Å². The van der Waals surface area contributed by atoms with E-state index in [1.807, 2.05) is 18.2 Å². The molecule has 2 N–H and O–H groups in total. The average molecular weight is 479 g/mol. The molecule has 0 bridgehead atoms. The fourth-order valence-corrected chi connectivity index (χ4v) is 3.41. The van der Waals surface area contributed by atoms with Crippen molar-refractivity contribution < 1.29 is 9.47 Å². The van der Waals surface area contributed by atoms with E-state index in [0.717, 1.165) is 36.0 Å². The number of aryl methyl sites for hydroxylation is 1. The average Bonchev–Trinajstić information content (AvgIpc) is 3.44. The summed E-state index contributed by atoms with van der Waals surface area (Å²) in [6, 6.07) is 14.9. The number of nitrogens with zero attached hydrogens (tertiary/aromatic N) is 1. The van der Waals surface area contributed by atoms with Crippen LogP contribution in [0.25, 0.3) is 0 Å². The molecule has 144 valence electrons. The summed E-state index contributed by atoms with van der Waals surface area (Å²) in [5, 5.41) is 6.88. The quantitative estimate of drug-likeness (QED) is 0.391. The number of fused-ring (bicyclic) bond motifs is 1. The third kappa shape index (κ3) is 4.66. The van der Waals surface area contributed by atoms with Crippen molar-refractivity contribution in [1.29, 1.82) is 0 Å². The molecule has 4 rings (SSSR count). The molecule has 0 aromatic heterocycles. The van der Waals surface area contributed by atoms with Crippen molar-refractivity contribution in [1.82, 2.24) is 5.32 Å². The van der Waals surface area contributed by atoms with Crippen LogP contribution >= 0.6 is 24.0 Å². The summed E-state index contributed by atoms with van der Waals surface area (Å²) in [5.74, 6) is 2.92. The molecular weight excluding hydrogens is 453 g/mol. The van der Waals surface area contributed by atoms with Gasteiger partial charge in [-0.05, 0) is 36.6 Å². The van der Waals surface area contributed by atoms with Gasteiger partial charge in [0.25, 0.3) is 0 Å². The Morgan fingerprint density at radius 1 is 1.07 bits per heavy atom. The molecule has 2 aromatic rings. The molecular formula is C21H26IN3O2. The van der Waals surface area contributed by atoms with Gasteiger partial charge in [0.1, 0.15) is 0 Å². The third-order valence-corrected chi connectivity index (χ3v) is 4.93. The number of rotatable bonds is 3. The molecule has 1 saturated carbocycles. The maximum atomic E-state index is 5.76. The summed E-state index contributed by atoms with van der Waals surface area (Å²) in [6.07, 6.45) is 2.04. The number of anilines is 1. The Hall–Kier alpha value is -1.96. The number of nitrogens with one attached hydrogen (secondary N) is 2. The van der Waals surface area contributed by atoms with Gasteiger partial charge < -0.3 is 20.1 Å². The molecule has 2 aliphatic rings. The first-order valence-electron chi connectivity index (χ1n) is 9.20. The number of guanidine groups is 1. The summed E-state index contributed by atoms with van der Waals surface area (Å²) in [4.78, 5) is 4.37. The van der Waals surface area contributed by atoms with E-state index in [1.54, 1.807) is 7.05 Å². The minimum Gasteiger partial charge on any atom is -0.490 e. The summed E-state index contributed by atoms with van der Waals surface area (Å²) >= 11 is 0. The van der Waals surface area contributed by atoms with Crippen LogP contribution in [0.2, 0.25) is 0 Å². The Labute approximate surface area is 177 Å². The first-order chi connectivity index (χ1) is 12.7. The van der Waals surface area contributed by atoms with E-state index in [4.69, 9.17) is 9.47 Å². The van der Waals surface area contributed by atoms with Gasteiger partial charge in [-0.15, -0.1) is 24.0 Å². The lowest BCUT2D eigenvalue weighted by molar-refractivity contribution is 0.297. The van der Waals surface area contributed by atoms with Crippen LogP contribution in [0.15, 0.2) is 47.5 Å². The van der Waals surface area contributed by atoms with Crippen LogP contribution in [0.5, 0.6) is 11.5 Å². The number of aliphatic imine (C=N–C) groups is 1. The predicted molar refractivity (Wildman–Crippen MR) is 120 cm³/mol. The van der Waals surface area contributed by atoms with Crippen molar-refractivity contribution in [2.24, 2.45) is 4.99 Å². The van der Waals surface area contributed by atoms with E-state index in [9.17, 15) is 0 Å². The number of hydrogen-bond acceptors (Lipinski definition) is 3. The second-order valence-electron chi connectivity index (χ2n) is 6.86. The molecule has 2 aromatic carbocycles. The van der Waals surface area contributed by atoms with Crippen LogP contribution < -0.4 is 20.1 Å². The third-order valence-electron chi connectivity index (χ3n) is 4.93. The first-order valence-corrected chi connectivity index (χ1v) is 9.20. The highest BCUT2D eigenvalue weighted by atomic mass is 127. The highest BCUT2D eigenvalue weighted by Gasteiger charge is 2.39. The lowest BCUT2D eigenvalue weighted by Crippen LogP contribution is -2.33. The number of benzene rings is 2. The molecule has 2 unspecified atom stereocenters. The maximum Gasteiger partial charge on any atom is 0.195 e. The van der Waals surface area contributed by atoms with Crippen LogP contribution in [0.1, 0.15) is 29.9 Å². The molecule has 5 nitrogen and oxygen atoms in total. The number of hydrogen-bond donors (Lipinski definition) is 2. The standard InChI is InChI=1S/C21H25N3O2.HI/c1-14-6-3-4-7-16(14)17-13-18(17)24-21(22-2)23-15-8-9-19-20(12-15)26-11-5-10-25-19;/h3-4,6-9,12,17-18H,5,10-11,13H2,1-2H3,(H2,22,23,24);1H. The Morgan fingerprint density at radius 2 is 1.85 bits per heavy atom. The van der Waals surface area contributed by atoms with Crippen LogP contribution in [0.4, 0.5) is 5.69 Å². The Kier molecular flexibility index (Phi) is 6.46. The molecule has 27 heavy (non-hydrogen) atoms. The first kappa shape index (κ1) is 19.8. The molecule has 6 heteroatoms. The van der Waals surface area contributed by atoms with Gasteiger partial charge in [-0.1, -0.05) is 24.3 Å². The lowest BCUT2D eigenvalue weighted by atomic mass is 10.0. The SMILES string of the molecule is CN=C(Nc1ccc2c(c1)OCCCO2)NC1CC1c1ccccc1C.I. The zero-order valence-corrected chi connectivity index (χ0v) is 18.0. The van der Waals surface area contributed by atoms with Gasteiger partial charge in [0.15, 0.2) is 17.5 Å². The van der Waals surface area contributed by atoms with Crippen molar-refractivity contribution in [3.8, 4) is 11.5 Å². The molecule has 0 radical (unpaired) electrons. The molecule has 0 spiro atoms. The monoisotopic (exact) mass is 479 g/mol. The molecule has 2 atom stereocenters. The van der Waals surface area contributed by atoms with Crippen LogP contribution in [0.3, 0.4) is 0 Å². The zero-order valence-electron chi connectivity index (χ0n) is 15.7. The van der Waals surface area contributed by atoms with Crippen molar-refractivity contribution in [2.45, 2.75) is 31.7 Å². The normalized spacial score (nSPS) is 20.9. The molecule has 0 saturated heterocycles. The minimum atomic E-state index is 0. The predicted octanol–water partition coefficient (Wildman–Crippen LogP) is 4.32. The lowest BCUT2D eigenvalue weighted by Gasteiger charge is -2.14. The second kappa shape index (κ2) is 8.82. The van der Waals surface area contributed by atoms with Gasteiger partial charge in [-0.2, -0.15) is 0 Å². The van der Waals surface area contributed by atoms with E-state index in [0.29, 0.717) is 25.2 Å². The fourth-order valence-electron chi connectivity index (χ4n) is 3.41. The molecule has 1 fully saturated rings. The molecule has 0 amide bonds. The van der Waals surface area contributed by atoms with Crippen molar-refractivity contribution in [3.63, 3.8) is 0 Å². The Morgan fingerprint density at radius 3 is 2.63 bits per heavy atom. The molecule has 1 aliphatic heterocycles. The van der Waals surface area contributed by atoms with Gasteiger partial charge in [0.2, 0.25) is 0 Å². The summed E-state index contributed by atoms with van der Waals surface area (Å²) < 4.78 is 11.4. The van der Waals surface area contributed by atoms with E-state index in [-0.39, 0.29) is 24.0 Å². The van der Waals surface area contributed by atoms with E-state index < -0.39 is 0 Å². The summed E-state index contributed by atoms with van der Waals surface area (Å²) in [7, 11) is 1.80. The Balaban J connectivity index is 0.00000210. The van der Waals surface area contributed by atoms with Crippen LogP contribution in [-0.2, 0) is 0 Å². The smallest absolute Gasteiger partial charge is 0.195 e. The van der Waals surface area contributed by atoms with Crippen molar-refractivity contribution >= 4 is 35.6 Å². The second-order valence-corrected chi connectivity index (χ2v) is 6.86. The topological polar surface area (TPSA) is 54.9 Å². The summed E-state index contributed by atoms with van der Waals surface area (Å²) in [6.45, 7) is 3.56. The number of ether oxygens (including phenoxy) is 2. The van der Waals surface area contributed by atoms with Crippen LogP contribution in [0, 0.1) is 6.92 Å². The van der Waals surface area contributed by atoms with Crippen LogP contribution in [-0.4, -0.2) is 32.3 Å². The highest BCUT2D eigenvalue weighted by Crippen LogP contribution is 2.42. The van der Waals surface area contributed by atoms with Gasteiger partial charge in [-0.3, -0.25) is 4.99 Å². The number of halogens is 1. The maximum absolute atomic E-state index is 5.76. The molecule has 1 aliphatic carbocycles. The van der Waals surface area contributed by atoms with Gasteiger partial charge in [-0.25, -0.2) is 0 Å². The van der Waals surface area contributed by atoms with Gasteiger partial charge in [0.05, 0.1) is 13.2 Å².